The Labute approximate surface area is 189 Å². The van der Waals surface area contributed by atoms with E-state index in [4.69, 9.17) is 0 Å². The first-order chi connectivity index (χ1) is 14.9. The lowest BCUT2D eigenvalue weighted by molar-refractivity contribution is -0.129. The third kappa shape index (κ3) is 5.61. The van der Waals surface area contributed by atoms with Gasteiger partial charge in [0, 0.05) is 51.4 Å². The van der Waals surface area contributed by atoms with Gasteiger partial charge in [-0.3, -0.25) is 20.4 Å². The van der Waals surface area contributed by atoms with Crippen molar-refractivity contribution in [2.45, 2.75) is 90.6 Å². The fourth-order valence-electron chi connectivity index (χ4n) is 6.23. The summed E-state index contributed by atoms with van der Waals surface area (Å²) >= 11 is 0. The Morgan fingerprint density at radius 2 is 1.81 bits per heavy atom. The molecule has 0 aromatic rings. The zero-order chi connectivity index (χ0) is 22.0. The molecule has 3 saturated heterocycles. The van der Waals surface area contributed by atoms with Gasteiger partial charge in [-0.05, 0) is 50.9 Å². The van der Waals surface area contributed by atoms with Gasteiger partial charge in [0.15, 0.2) is 0 Å². The molecule has 7 nitrogen and oxygen atoms in total. The maximum atomic E-state index is 13.2. The van der Waals surface area contributed by atoms with Crippen LogP contribution < -0.4 is 16.1 Å². The average molecular weight is 435 g/mol. The highest BCUT2D eigenvalue weighted by atomic mass is 16.2. The van der Waals surface area contributed by atoms with E-state index >= 15 is 0 Å². The molecule has 0 spiro atoms. The van der Waals surface area contributed by atoms with Crippen molar-refractivity contribution in [3.63, 3.8) is 0 Å². The van der Waals surface area contributed by atoms with Crippen LogP contribution >= 0.6 is 0 Å². The van der Waals surface area contributed by atoms with E-state index in [1.807, 2.05) is 0 Å². The maximum Gasteiger partial charge on any atom is 0.227 e. The van der Waals surface area contributed by atoms with Gasteiger partial charge < -0.3 is 10.2 Å². The van der Waals surface area contributed by atoms with Gasteiger partial charge in [0.25, 0.3) is 0 Å². The predicted octanol–water partition coefficient (Wildman–Crippen LogP) is 1.82. The standard InChI is InChI=1S/C24H46N6O/c1-5-19-6-8-20(9-7-19)27-24(31)21-15-25-30-22(14-18(4)26-23(21)30)29-12-10-28(11-13-29)16-17(2)3/h17-23,25-26H,5-16H2,1-4H3,(H,27,31). The lowest BCUT2D eigenvalue weighted by Gasteiger charge is -2.49. The summed E-state index contributed by atoms with van der Waals surface area (Å²) < 4.78 is 0. The number of amides is 1. The Morgan fingerprint density at radius 1 is 1.10 bits per heavy atom. The van der Waals surface area contributed by atoms with Crippen LogP contribution in [-0.4, -0.2) is 84.4 Å². The van der Waals surface area contributed by atoms with E-state index in [-0.39, 0.29) is 18.0 Å². The zero-order valence-corrected chi connectivity index (χ0v) is 20.3. The van der Waals surface area contributed by atoms with Crippen LogP contribution in [0.15, 0.2) is 0 Å². The lowest BCUT2D eigenvalue weighted by Crippen LogP contribution is -2.68. The van der Waals surface area contributed by atoms with Crippen LogP contribution in [0.5, 0.6) is 0 Å². The summed E-state index contributed by atoms with van der Waals surface area (Å²) in [6.45, 7) is 15.7. The summed E-state index contributed by atoms with van der Waals surface area (Å²) in [4.78, 5) is 18.5. The fourth-order valence-corrected chi connectivity index (χ4v) is 6.23. The Morgan fingerprint density at radius 3 is 2.45 bits per heavy atom. The van der Waals surface area contributed by atoms with Crippen molar-refractivity contribution < 1.29 is 4.79 Å². The van der Waals surface area contributed by atoms with E-state index in [2.05, 4.69) is 58.6 Å². The predicted molar refractivity (Wildman–Crippen MR) is 125 cm³/mol. The summed E-state index contributed by atoms with van der Waals surface area (Å²) in [5.41, 5.74) is 3.61. The van der Waals surface area contributed by atoms with Gasteiger partial charge >= 0.3 is 0 Å². The molecule has 1 aliphatic carbocycles. The summed E-state index contributed by atoms with van der Waals surface area (Å²) in [5, 5.41) is 9.51. The molecular weight excluding hydrogens is 388 g/mol. The molecule has 31 heavy (non-hydrogen) atoms. The molecule has 3 N–H and O–H groups in total. The highest BCUT2D eigenvalue weighted by Gasteiger charge is 2.47. The summed E-state index contributed by atoms with van der Waals surface area (Å²) in [6.07, 6.45) is 7.66. The minimum Gasteiger partial charge on any atom is -0.353 e. The largest absolute Gasteiger partial charge is 0.353 e. The molecule has 3 aliphatic heterocycles. The number of carbonyl (C=O) groups is 1. The summed E-state index contributed by atoms with van der Waals surface area (Å²) in [5.74, 6) is 1.81. The second-order valence-corrected chi connectivity index (χ2v) is 11.0. The first-order valence-corrected chi connectivity index (χ1v) is 13.0. The fraction of sp³-hybridized carbons (Fsp3) is 0.958. The minimum atomic E-state index is -0.0172. The number of carbonyl (C=O) groups excluding carboxylic acids is 1. The van der Waals surface area contributed by atoms with Crippen LogP contribution in [0.2, 0.25) is 0 Å². The molecule has 0 aromatic heterocycles. The molecule has 0 bridgehead atoms. The number of fused-ring (bicyclic) bond motifs is 1. The van der Waals surface area contributed by atoms with Crippen molar-refractivity contribution >= 4 is 5.91 Å². The Bertz CT molecular complexity index is 585. The molecule has 4 aliphatic rings. The third-order valence-electron chi connectivity index (χ3n) is 8.07. The summed E-state index contributed by atoms with van der Waals surface area (Å²) in [6, 6.07) is 0.797. The molecule has 1 amide bonds. The van der Waals surface area contributed by atoms with Gasteiger partial charge in [-0.25, -0.2) is 5.01 Å². The van der Waals surface area contributed by atoms with Gasteiger partial charge in [-0.15, -0.1) is 0 Å². The van der Waals surface area contributed by atoms with Crippen LogP contribution in [0.3, 0.4) is 0 Å². The van der Waals surface area contributed by atoms with E-state index in [0.29, 0.717) is 18.2 Å². The molecule has 178 valence electrons. The molecule has 0 aromatic carbocycles. The first kappa shape index (κ1) is 23.4. The first-order valence-electron chi connectivity index (χ1n) is 13.0. The van der Waals surface area contributed by atoms with Gasteiger partial charge in [0.05, 0.1) is 18.2 Å². The molecule has 4 rings (SSSR count). The molecule has 4 atom stereocenters. The summed E-state index contributed by atoms with van der Waals surface area (Å²) in [7, 11) is 0. The lowest BCUT2D eigenvalue weighted by atomic mass is 9.84. The molecule has 4 fully saturated rings. The quantitative estimate of drug-likeness (QED) is 0.593. The van der Waals surface area contributed by atoms with Crippen molar-refractivity contribution in [2.75, 3.05) is 39.3 Å². The topological polar surface area (TPSA) is 62.9 Å². The van der Waals surface area contributed by atoms with E-state index in [1.54, 1.807) is 0 Å². The molecule has 7 heteroatoms. The number of piperazine rings is 1. The van der Waals surface area contributed by atoms with Crippen LogP contribution in [-0.2, 0) is 4.79 Å². The van der Waals surface area contributed by atoms with Crippen LogP contribution in [0.1, 0.15) is 66.2 Å². The van der Waals surface area contributed by atoms with Crippen LogP contribution in [0.4, 0.5) is 0 Å². The number of hydrazine groups is 1. The SMILES string of the molecule is CCC1CCC(NC(=O)C2CNN3C2NC(C)CC3N2CCN(CC(C)C)CC2)CC1. The number of rotatable bonds is 6. The molecule has 1 saturated carbocycles. The van der Waals surface area contributed by atoms with Gasteiger partial charge in [-0.2, -0.15) is 0 Å². The van der Waals surface area contributed by atoms with E-state index in [9.17, 15) is 4.79 Å². The van der Waals surface area contributed by atoms with E-state index in [0.717, 1.165) is 63.8 Å². The van der Waals surface area contributed by atoms with Crippen LogP contribution in [0, 0.1) is 17.8 Å². The van der Waals surface area contributed by atoms with E-state index in [1.165, 1.54) is 25.8 Å². The molecular formula is C24H46N6O. The van der Waals surface area contributed by atoms with Crippen molar-refractivity contribution in [1.82, 2.24) is 30.9 Å². The maximum absolute atomic E-state index is 13.2. The van der Waals surface area contributed by atoms with Gasteiger partial charge in [0.2, 0.25) is 5.91 Å². The minimum absolute atomic E-state index is 0.0172. The second-order valence-electron chi connectivity index (χ2n) is 11.0. The van der Waals surface area contributed by atoms with Crippen molar-refractivity contribution in [2.24, 2.45) is 17.8 Å². The van der Waals surface area contributed by atoms with Gasteiger partial charge in [-0.1, -0.05) is 27.2 Å². The number of hydrogen-bond donors (Lipinski definition) is 3. The average Bonchev–Trinajstić information content (AvgIpc) is 3.18. The normalized spacial score (nSPS) is 38.4. The Kier molecular flexibility index (Phi) is 7.91. The second kappa shape index (κ2) is 10.5. The highest BCUT2D eigenvalue weighted by molar-refractivity contribution is 5.80. The van der Waals surface area contributed by atoms with E-state index < -0.39 is 0 Å². The zero-order valence-electron chi connectivity index (χ0n) is 20.3. The van der Waals surface area contributed by atoms with Crippen LogP contribution in [0.25, 0.3) is 0 Å². The molecule has 3 heterocycles. The van der Waals surface area contributed by atoms with Crippen molar-refractivity contribution in [1.29, 1.82) is 0 Å². The third-order valence-corrected chi connectivity index (χ3v) is 8.07. The smallest absolute Gasteiger partial charge is 0.227 e. The molecule has 0 radical (unpaired) electrons. The monoisotopic (exact) mass is 434 g/mol. The number of hydrogen-bond acceptors (Lipinski definition) is 6. The number of nitrogens with zero attached hydrogens (tertiary/aromatic N) is 3. The van der Waals surface area contributed by atoms with Crippen molar-refractivity contribution in [3.05, 3.63) is 0 Å². The van der Waals surface area contributed by atoms with Gasteiger partial charge in [0.1, 0.15) is 0 Å². The van der Waals surface area contributed by atoms with Crippen molar-refractivity contribution in [3.8, 4) is 0 Å². The number of nitrogens with one attached hydrogen (secondary N) is 3. The Hall–Kier alpha value is -0.730. The Balaban J connectivity index is 1.32. The molecule has 4 unspecified atom stereocenters. The highest BCUT2D eigenvalue weighted by Crippen LogP contribution is 2.29.